The summed E-state index contributed by atoms with van der Waals surface area (Å²) in [6.07, 6.45) is -4.73. The first-order chi connectivity index (χ1) is 6.73. The second-order valence-corrected chi connectivity index (χ2v) is 3.27. The molecule has 0 bridgehead atoms. The van der Waals surface area contributed by atoms with Crippen molar-refractivity contribution in [3.05, 3.63) is 34.1 Å². The third-order valence-corrected chi connectivity index (χ3v) is 2.05. The normalized spacial score (nSPS) is 11.6. The maximum atomic E-state index is 13.0. The highest BCUT2D eigenvalue weighted by Crippen LogP contribution is 2.35. The van der Waals surface area contributed by atoms with Crippen LogP contribution in [0.4, 0.5) is 17.6 Å². The highest BCUT2D eigenvalue weighted by molar-refractivity contribution is 6.31. The van der Waals surface area contributed by atoms with E-state index in [1.807, 2.05) is 0 Å². The number of rotatable bonds is 1. The first-order valence-corrected chi connectivity index (χ1v) is 4.18. The number of hydrogen-bond acceptors (Lipinski definition) is 1. The van der Waals surface area contributed by atoms with Gasteiger partial charge in [-0.25, -0.2) is 4.39 Å². The Morgan fingerprint density at radius 1 is 1.33 bits per heavy atom. The monoisotopic (exact) mass is 240 g/mol. The van der Waals surface area contributed by atoms with Gasteiger partial charge in [0.25, 0.3) is 0 Å². The van der Waals surface area contributed by atoms with Crippen LogP contribution in [0.3, 0.4) is 0 Å². The molecular formula is C9H5ClF4O. The van der Waals surface area contributed by atoms with E-state index in [2.05, 4.69) is 0 Å². The molecule has 0 spiro atoms. The fourth-order valence-electron chi connectivity index (χ4n) is 1.03. The summed E-state index contributed by atoms with van der Waals surface area (Å²) in [6.45, 7) is 1.04. The maximum Gasteiger partial charge on any atom is 0.417 e. The average Bonchev–Trinajstić information content (AvgIpc) is 2.06. The average molecular weight is 241 g/mol. The van der Waals surface area contributed by atoms with Crippen molar-refractivity contribution in [2.75, 3.05) is 0 Å². The van der Waals surface area contributed by atoms with E-state index in [1.54, 1.807) is 0 Å². The molecule has 0 aliphatic rings. The number of halogens is 5. The molecule has 0 amide bonds. The Bertz CT molecular complexity index is 411. The lowest BCUT2D eigenvalue weighted by molar-refractivity contribution is -0.137. The van der Waals surface area contributed by atoms with Gasteiger partial charge in [0.2, 0.25) is 0 Å². The molecular weight excluding hydrogens is 236 g/mol. The zero-order valence-electron chi connectivity index (χ0n) is 7.45. The molecule has 82 valence electrons. The summed E-state index contributed by atoms with van der Waals surface area (Å²) < 4.78 is 49.7. The molecule has 0 aromatic heterocycles. The summed E-state index contributed by atoms with van der Waals surface area (Å²) in [5.74, 6) is -1.90. The molecule has 1 nitrogen and oxygen atoms in total. The molecule has 0 N–H and O–H groups in total. The zero-order valence-corrected chi connectivity index (χ0v) is 8.21. The Morgan fingerprint density at radius 2 is 1.87 bits per heavy atom. The van der Waals surface area contributed by atoms with E-state index in [-0.39, 0.29) is 6.07 Å². The van der Waals surface area contributed by atoms with E-state index in [1.165, 1.54) is 0 Å². The van der Waals surface area contributed by atoms with Gasteiger partial charge in [-0.2, -0.15) is 13.2 Å². The van der Waals surface area contributed by atoms with E-state index in [4.69, 9.17) is 11.6 Å². The second kappa shape index (κ2) is 3.81. The molecule has 0 radical (unpaired) electrons. The minimum absolute atomic E-state index is 0.221. The Hall–Kier alpha value is -1.10. The van der Waals surface area contributed by atoms with Crippen LogP contribution in [-0.2, 0) is 6.18 Å². The van der Waals surface area contributed by atoms with E-state index in [0.717, 1.165) is 6.92 Å². The predicted octanol–water partition coefficient (Wildman–Crippen LogP) is 3.70. The molecule has 6 heteroatoms. The summed E-state index contributed by atoms with van der Waals surface area (Å²) in [7, 11) is 0. The summed E-state index contributed by atoms with van der Waals surface area (Å²) in [5, 5.41) is -0.686. The Kier molecular flexibility index (Phi) is 3.04. The van der Waals surface area contributed by atoms with Gasteiger partial charge in [-0.05, 0) is 19.1 Å². The van der Waals surface area contributed by atoms with Gasteiger partial charge in [-0.15, -0.1) is 0 Å². The molecule has 0 saturated heterocycles. The topological polar surface area (TPSA) is 17.1 Å². The third-order valence-electron chi connectivity index (χ3n) is 1.74. The van der Waals surface area contributed by atoms with Gasteiger partial charge in [0.05, 0.1) is 16.1 Å². The van der Waals surface area contributed by atoms with Crippen molar-refractivity contribution < 1.29 is 22.4 Å². The number of carbonyl (C=O) groups is 1. The van der Waals surface area contributed by atoms with Crippen molar-refractivity contribution in [2.24, 2.45) is 0 Å². The lowest BCUT2D eigenvalue weighted by Gasteiger charge is -2.10. The largest absolute Gasteiger partial charge is 0.417 e. The summed E-state index contributed by atoms with van der Waals surface area (Å²) in [5.41, 5.74) is -1.74. The molecule has 15 heavy (non-hydrogen) atoms. The smallest absolute Gasteiger partial charge is 0.294 e. The molecule has 0 aliphatic carbocycles. The molecule has 1 aromatic carbocycles. The fourth-order valence-corrected chi connectivity index (χ4v) is 1.30. The van der Waals surface area contributed by atoms with Crippen molar-refractivity contribution in [3.63, 3.8) is 0 Å². The summed E-state index contributed by atoms with van der Waals surface area (Å²) in [6, 6.07) is 0.904. The van der Waals surface area contributed by atoms with Crippen LogP contribution in [0.25, 0.3) is 0 Å². The molecule has 0 atom stereocenters. The first-order valence-electron chi connectivity index (χ1n) is 3.80. The summed E-state index contributed by atoms with van der Waals surface area (Å²) in [4.78, 5) is 10.8. The number of ketones is 1. The van der Waals surface area contributed by atoms with Crippen molar-refractivity contribution in [1.82, 2.24) is 0 Å². The standard InChI is InChI=1S/C9H5ClF4O/c1-4(15)5-2-7(10)6(3-8(5)11)9(12,13)14/h2-3H,1H3. The van der Waals surface area contributed by atoms with Crippen molar-refractivity contribution in [2.45, 2.75) is 13.1 Å². The van der Waals surface area contributed by atoms with Crippen LogP contribution in [0.2, 0.25) is 5.02 Å². The highest BCUT2D eigenvalue weighted by atomic mass is 35.5. The minimum atomic E-state index is -4.73. The van der Waals surface area contributed by atoms with Crippen molar-refractivity contribution >= 4 is 17.4 Å². The van der Waals surface area contributed by atoms with Gasteiger partial charge in [0, 0.05) is 0 Å². The van der Waals surface area contributed by atoms with Gasteiger partial charge in [-0.3, -0.25) is 4.79 Å². The molecule has 0 unspecified atom stereocenters. The van der Waals surface area contributed by atoms with Crippen molar-refractivity contribution in [3.8, 4) is 0 Å². The Morgan fingerprint density at radius 3 is 2.27 bits per heavy atom. The van der Waals surface area contributed by atoms with Gasteiger partial charge >= 0.3 is 6.18 Å². The predicted molar refractivity (Wildman–Crippen MR) is 46.4 cm³/mol. The molecule has 0 aliphatic heterocycles. The number of benzene rings is 1. The number of hydrogen-bond donors (Lipinski definition) is 0. The molecule has 0 heterocycles. The van der Waals surface area contributed by atoms with E-state index in [0.29, 0.717) is 6.07 Å². The number of alkyl halides is 3. The molecule has 1 rings (SSSR count). The molecule has 1 aromatic rings. The molecule has 0 saturated carbocycles. The number of carbonyl (C=O) groups excluding carboxylic acids is 1. The van der Waals surface area contributed by atoms with Crippen LogP contribution >= 0.6 is 11.6 Å². The highest BCUT2D eigenvalue weighted by Gasteiger charge is 2.34. The maximum absolute atomic E-state index is 13.0. The van der Waals surface area contributed by atoms with Crippen LogP contribution in [0.15, 0.2) is 12.1 Å². The SMILES string of the molecule is CC(=O)c1cc(Cl)c(C(F)(F)F)cc1F. The quantitative estimate of drug-likeness (QED) is 0.540. The first kappa shape index (κ1) is 12.0. The van der Waals surface area contributed by atoms with Crippen LogP contribution in [0, 0.1) is 5.82 Å². The second-order valence-electron chi connectivity index (χ2n) is 2.87. The zero-order chi connectivity index (χ0) is 11.8. The lowest BCUT2D eigenvalue weighted by Crippen LogP contribution is -2.08. The van der Waals surface area contributed by atoms with Crippen molar-refractivity contribution in [1.29, 1.82) is 0 Å². The Balaban J connectivity index is 3.39. The Labute approximate surface area is 87.7 Å². The van der Waals surface area contributed by atoms with E-state index >= 15 is 0 Å². The van der Waals surface area contributed by atoms with Crippen LogP contribution in [0.5, 0.6) is 0 Å². The van der Waals surface area contributed by atoms with Crippen LogP contribution in [-0.4, -0.2) is 5.78 Å². The van der Waals surface area contributed by atoms with Gasteiger partial charge in [-0.1, -0.05) is 11.6 Å². The lowest BCUT2D eigenvalue weighted by atomic mass is 10.1. The summed E-state index contributed by atoms with van der Waals surface area (Å²) >= 11 is 5.29. The molecule has 0 fully saturated rings. The van der Waals surface area contributed by atoms with Crippen LogP contribution in [0.1, 0.15) is 22.8 Å². The van der Waals surface area contributed by atoms with Crippen LogP contribution < -0.4 is 0 Å². The van der Waals surface area contributed by atoms with Gasteiger partial charge in [0.1, 0.15) is 5.82 Å². The van der Waals surface area contributed by atoms with Gasteiger partial charge < -0.3 is 0 Å². The minimum Gasteiger partial charge on any atom is -0.294 e. The third kappa shape index (κ3) is 2.47. The van der Waals surface area contributed by atoms with E-state index < -0.39 is 33.9 Å². The fraction of sp³-hybridized carbons (Fsp3) is 0.222. The van der Waals surface area contributed by atoms with Gasteiger partial charge in [0.15, 0.2) is 5.78 Å². The van der Waals surface area contributed by atoms with E-state index in [9.17, 15) is 22.4 Å². The number of Topliss-reactive ketones (excluding diaryl/α,β-unsaturated/α-hetero) is 1.